The number of carbonyl (C=O) groups is 1. The van der Waals surface area contributed by atoms with Crippen LogP contribution in [0.1, 0.15) is 15.9 Å². The Morgan fingerprint density at radius 2 is 2.07 bits per heavy atom. The number of aryl methyl sites for hydroxylation is 1. The maximum atomic E-state index is 12.3. The van der Waals surface area contributed by atoms with Crippen LogP contribution in [-0.4, -0.2) is 33.6 Å². The molecule has 0 aliphatic carbocycles. The molecule has 0 fully saturated rings. The Balaban J connectivity index is 1.68. The summed E-state index contributed by atoms with van der Waals surface area (Å²) in [6.45, 7) is 0.146. The number of carbonyl (C=O) groups excluding carboxylic acids is 1. The molecule has 0 radical (unpaired) electrons. The van der Waals surface area contributed by atoms with Gasteiger partial charge in [0.1, 0.15) is 0 Å². The number of hydrogen-bond donors (Lipinski definition) is 1. The Bertz CT molecular complexity index is 1080. The molecule has 0 bridgehead atoms. The number of hydrogen-bond acceptors (Lipinski definition) is 7. The number of halogens is 3. The molecule has 1 amide bonds. The number of amides is 1. The lowest BCUT2D eigenvalue weighted by Crippen LogP contribution is -2.19. The minimum Gasteiger partial charge on any atom is -0.468 e. The third-order valence-corrected chi connectivity index (χ3v) is 4.57. The molecule has 1 N–H and O–H groups in total. The summed E-state index contributed by atoms with van der Waals surface area (Å²) in [5, 5.41) is 15.5. The fourth-order valence-corrected chi connectivity index (χ4v) is 3.07. The second kappa shape index (κ2) is 8.45. The summed E-state index contributed by atoms with van der Waals surface area (Å²) in [6, 6.07) is 7.12. The van der Waals surface area contributed by atoms with Crippen LogP contribution in [0.3, 0.4) is 0 Å². The Hall–Kier alpha value is -3.54. The maximum absolute atomic E-state index is 12.3. The highest BCUT2D eigenvalue weighted by atomic mass is 32.1. The summed E-state index contributed by atoms with van der Waals surface area (Å²) < 4.78 is 40.9. The number of thiazole rings is 1. The first-order valence-electron chi connectivity index (χ1n) is 8.30. The number of nitro groups is 1. The van der Waals surface area contributed by atoms with Gasteiger partial charge in [0.25, 0.3) is 11.6 Å². The number of nitro benzene ring substituents is 1. The minimum absolute atomic E-state index is 0.0370. The monoisotopic (exact) mass is 438 g/mol. The Labute approximate surface area is 171 Å². The van der Waals surface area contributed by atoms with E-state index in [1.807, 2.05) is 0 Å². The van der Waals surface area contributed by atoms with Gasteiger partial charge in [-0.05, 0) is 13.0 Å². The van der Waals surface area contributed by atoms with Gasteiger partial charge in [-0.2, -0.15) is 13.2 Å². The van der Waals surface area contributed by atoms with Crippen LogP contribution in [0.4, 0.5) is 24.0 Å². The summed E-state index contributed by atoms with van der Waals surface area (Å²) in [6.07, 6.45) is -3.41. The molecule has 0 spiro atoms. The van der Waals surface area contributed by atoms with Crippen LogP contribution >= 0.6 is 11.3 Å². The molecule has 3 aromatic rings. The van der Waals surface area contributed by atoms with Crippen molar-refractivity contribution in [3.05, 3.63) is 63.1 Å². The van der Waals surface area contributed by atoms with E-state index in [0.717, 1.165) is 23.6 Å². The molecule has 12 heteroatoms. The molecule has 2 aromatic heterocycles. The predicted molar refractivity (Wildman–Crippen MR) is 103 cm³/mol. The SMILES string of the molecule is Cc1ccc(-c2csc(NC(=O)c3ccc(OCC(F)(F)F)nc3)n2)cc1[N+](=O)[O-]. The number of alkyl halides is 3. The van der Waals surface area contributed by atoms with Crippen LogP contribution in [0, 0.1) is 17.0 Å². The largest absolute Gasteiger partial charge is 0.468 e. The molecule has 0 aliphatic rings. The second-order valence-electron chi connectivity index (χ2n) is 6.04. The van der Waals surface area contributed by atoms with Gasteiger partial charge in [0.05, 0.1) is 16.2 Å². The fraction of sp³-hybridized carbons (Fsp3) is 0.167. The zero-order valence-electron chi connectivity index (χ0n) is 15.3. The van der Waals surface area contributed by atoms with Gasteiger partial charge in [0.15, 0.2) is 11.7 Å². The molecule has 0 atom stereocenters. The van der Waals surface area contributed by atoms with Gasteiger partial charge in [-0.15, -0.1) is 11.3 Å². The van der Waals surface area contributed by atoms with E-state index in [2.05, 4.69) is 20.0 Å². The Morgan fingerprint density at radius 3 is 2.70 bits per heavy atom. The van der Waals surface area contributed by atoms with Crippen molar-refractivity contribution in [1.29, 1.82) is 0 Å². The van der Waals surface area contributed by atoms with Gasteiger partial charge in [-0.1, -0.05) is 12.1 Å². The Morgan fingerprint density at radius 1 is 1.30 bits per heavy atom. The third kappa shape index (κ3) is 5.29. The van der Waals surface area contributed by atoms with E-state index in [0.29, 0.717) is 16.8 Å². The molecule has 156 valence electrons. The average molecular weight is 438 g/mol. The zero-order valence-corrected chi connectivity index (χ0v) is 16.1. The highest BCUT2D eigenvalue weighted by Crippen LogP contribution is 2.29. The first kappa shape index (κ1) is 21.2. The predicted octanol–water partition coefficient (Wildman–Crippen LogP) is 4.62. The average Bonchev–Trinajstić information content (AvgIpc) is 3.14. The van der Waals surface area contributed by atoms with E-state index < -0.39 is 23.6 Å². The number of rotatable bonds is 6. The number of aromatic nitrogens is 2. The highest BCUT2D eigenvalue weighted by Gasteiger charge is 2.28. The fourth-order valence-electron chi connectivity index (χ4n) is 2.35. The number of pyridine rings is 1. The smallest absolute Gasteiger partial charge is 0.422 e. The maximum Gasteiger partial charge on any atom is 0.422 e. The van der Waals surface area contributed by atoms with E-state index in [1.54, 1.807) is 24.4 Å². The summed E-state index contributed by atoms with van der Waals surface area (Å²) in [5.74, 6) is -0.831. The van der Waals surface area contributed by atoms with Crippen LogP contribution in [0.25, 0.3) is 11.3 Å². The van der Waals surface area contributed by atoms with E-state index in [4.69, 9.17) is 0 Å². The van der Waals surface area contributed by atoms with Crippen LogP contribution < -0.4 is 10.1 Å². The number of nitrogens with zero attached hydrogens (tertiary/aromatic N) is 3. The van der Waals surface area contributed by atoms with E-state index in [-0.39, 0.29) is 22.3 Å². The lowest BCUT2D eigenvalue weighted by molar-refractivity contribution is -0.385. The van der Waals surface area contributed by atoms with Crippen LogP contribution in [0.2, 0.25) is 0 Å². The number of anilines is 1. The zero-order chi connectivity index (χ0) is 21.9. The second-order valence-corrected chi connectivity index (χ2v) is 6.90. The first-order chi connectivity index (χ1) is 14.1. The molecule has 1 aromatic carbocycles. The number of ether oxygens (including phenoxy) is 1. The van der Waals surface area contributed by atoms with Crippen molar-refractivity contribution in [2.75, 3.05) is 11.9 Å². The van der Waals surface area contributed by atoms with Crippen molar-refractivity contribution < 1.29 is 27.6 Å². The van der Waals surface area contributed by atoms with Gasteiger partial charge in [0, 0.05) is 34.8 Å². The summed E-state index contributed by atoms with van der Waals surface area (Å²) >= 11 is 1.12. The van der Waals surface area contributed by atoms with Crippen molar-refractivity contribution in [1.82, 2.24) is 9.97 Å². The van der Waals surface area contributed by atoms with Gasteiger partial charge < -0.3 is 4.74 Å². The molecule has 2 heterocycles. The summed E-state index contributed by atoms with van der Waals surface area (Å²) in [5.41, 5.74) is 1.55. The Kier molecular flexibility index (Phi) is 5.96. The van der Waals surface area contributed by atoms with Crippen molar-refractivity contribution in [2.24, 2.45) is 0 Å². The molecular weight excluding hydrogens is 425 g/mol. The van der Waals surface area contributed by atoms with E-state index in [9.17, 15) is 28.1 Å². The minimum atomic E-state index is -4.49. The normalized spacial score (nSPS) is 11.2. The number of benzene rings is 1. The van der Waals surface area contributed by atoms with E-state index in [1.165, 1.54) is 12.1 Å². The van der Waals surface area contributed by atoms with Crippen molar-refractivity contribution in [3.63, 3.8) is 0 Å². The van der Waals surface area contributed by atoms with Crippen molar-refractivity contribution in [2.45, 2.75) is 13.1 Å². The van der Waals surface area contributed by atoms with Crippen LogP contribution in [0.5, 0.6) is 5.88 Å². The van der Waals surface area contributed by atoms with Crippen LogP contribution in [-0.2, 0) is 0 Å². The quantitative estimate of drug-likeness (QED) is 0.445. The molecular formula is C18H13F3N4O4S. The van der Waals surface area contributed by atoms with E-state index >= 15 is 0 Å². The third-order valence-electron chi connectivity index (χ3n) is 3.81. The molecule has 0 saturated carbocycles. The highest BCUT2D eigenvalue weighted by molar-refractivity contribution is 7.14. The molecule has 0 aliphatic heterocycles. The first-order valence-corrected chi connectivity index (χ1v) is 9.18. The topological polar surface area (TPSA) is 107 Å². The van der Waals surface area contributed by atoms with Crippen molar-refractivity contribution in [3.8, 4) is 17.1 Å². The van der Waals surface area contributed by atoms with Gasteiger partial charge >= 0.3 is 6.18 Å². The summed E-state index contributed by atoms with van der Waals surface area (Å²) in [7, 11) is 0. The van der Waals surface area contributed by atoms with Crippen molar-refractivity contribution >= 4 is 28.1 Å². The summed E-state index contributed by atoms with van der Waals surface area (Å²) in [4.78, 5) is 30.8. The number of nitrogens with one attached hydrogen (secondary N) is 1. The van der Waals surface area contributed by atoms with Crippen LogP contribution in [0.15, 0.2) is 41.9 Å². The van der Waals surface area contributed by atoms with Gasteiger partial charge in [-0.25, -0.2) is 9.97 Å². The molecule has 8 nitrogen and oxygen atoms in total. The molecule has 30 heavy (non-hydrogen) atoms. The van der Waals surface area contributed by atoms with Gasteiger partial charge in [-0.3, -0.25) is 20.2 Å². The standard InChI is InChI=1S/C18H13F3N4O4S/c1-10-2-3-11(6-14(10)25(27)28)13-8-30-17(23-13)24-16(26)12-4-5-15(22-7-12)29-9-18(19,20)21/h2-8H,9H2,1H3,(H,23,24,26). The molecule has 0 unspecified atom stereocenters. The lowest BCUT2D eigenvalue weighted by Gasteiger charge is -2.08. The molecule has 0 saturated heterocycles. The van der Waals surface area contributed by atoms with Gasteiger partial charge in [0.2, 0.25) is 5.88 Å². The molecule has 3 rings (SSSR count). The lowest BCUT2D eigenvalue weighted by atomic mass is 10.1.